The van der Waals surface area contributed by atoms with Crippen molar-refractivity contribution in [1.29, 1.82) is 0 Å². The van der Waals surface area contributed by atoms with Gasteiger partial charge in [-0.15, -0.1) is 0 Å². The predicted octanol–water partition coefficient (Wildman–Crippen LogP) is 4.39. The summed E-state index contributed by atoms with van der Waals surface area (Å²) < 4.78 is 0. The van der Waals surface area contributed by atoms with Crippen LogP contribution in [0.2, 0.25) is 10.0 Å². The first-order valence-electron chi connectivity index (χ1n) is 7.57. The van der Waals surface area contributed by atoms with E-state index in [4.69, 9.17) is 28.3 Å². The third-order valence-corrected chi connectivity index (χ3v) is 4.33. The van der Waals surface area contributed by atoms with Crippen molar-refractivity contribution in [3.05, 3.63) is 62.1 Å². The zero-order valence-electron chi connectivity index (χ0n) is 13.8. The molecule has 28 heavy (non-hydrogen) atoms. The second-order valence-electron chi connectivity index (χ2n) is 5.48. The number of nitrogens with one attached hydrogen (secondary N) is 1. The van der Waals surface area contributed by atoms with Gasteiger partial charge >= 0.3 is 5.97 Å². The molecule has 0 aliphatic heterocycles. The number of hydrogen-bond donors (Lipinski definition) is 3. The number of carbonyl (C=O) groups is 1. The Bertz CT molecular complexity index is 1150. The van der Waals surface area contributed by atoms with Gasteiger partial charge in [0.2, 0.25) is 11.8 Å². The van der Waals surface area contributed by atoms with Gasteiger partial charge in [-0.05, 0) is 24.3 Å². The van der Waals surface area contributed by atoms with E-state index in [1.807, 2.05) is 0 Å². The number of nitro benzene ring substituents is 1. The Hall–Kier alpha value is -3.43. The fraction of sp³-hybridized carbons (Fsp3) is 0. The van der Waals surface area contributed by atoms with Gasteiger partial charge in [-0.2, -0.15) is 4.98 Å². The van der Waals surface area contributed by atoms with Gasteiger partial charge in [0.15, 0.2) is 0 Å². The van der Waals surface area contributed by atoms with E-state index in [0.717, 1.165) is 24.3 Å². The number of carboxylic acids is 1. The lowest BCUT2D eigenvalue weighted by atomic mass is 10.1. The van der Waals surface area contributed by atoms with Crippen LogP contribution in [0.1, 0.15) is 5.56 Å². The lowest BCUT2D eigenvalue weighted by Gasteiger charge is -2.09. The Balaban J connectivity index is 2.15. The number of halogens is 2. The average molecular weight is 421 g/mol. The molecule has 0 fully saturated rings. The van der Waals surface area contributed by atoms with Gasteiger partial charge in [0, 0.05) is 29.5 Å². The van der Waals surface area contributed by atoms with E-state index in [1.165, 1.54) is 6.07 Å². The van der Waals surface area contributed by atoms with Gasteiger partial charge in [0.25, 0.3) is 5.69 Å². The smallest absolute Gasteiger partial charge is 0.328 e. The highest BCUT2D eigenvalue weighted by atomic mass is 35.5. The zero-order chi connectivity index (χ0) is 20.4. The molecule has 0 unspecified atom stereocenters. The van der Waals surface area contributed by atoms with E-state index in [2.05, 4.69) is 15.3 Å². The van der Waals surface area contributed by atoms with Crippen molar-refractivity contribution in [2.24, 2.45) is 0 Å². The number of non-ortho nitro benzene ring substituents is 1. The molecule has 3 N–H and O–H groups in total. The molecular weight excluding hydrogens is 411 g/mol. The summed E-state index contributed by atoms with van der Waals surface area (Å²) in [5, 5.41) is 33.7. The normalized spacial score (nSPS) is 11.1. The fourth-order valence-electron chi connectivity index (χ4n) is 2.38. The van der Waals surface area contributed by atoms with Crippen molar-refractivity contribution in [1.82, 2.24) is 9.97 Å². The van der Waals surface area contributed by atoms with Crippen LogP contribution in [0.5, 0.6) is 5.88 Å². The van der Waals surface area contributed by atoms with Gasteiger partial charge < -0.3 is 15.5 Å². The number of nitro groups is 1. The van der Waals surface area contributed by atoms with Crippen molar-refractivity contribution in [3.8, 4) is 5.88 Å². The molecule has 0 bridgehead atoms. The van der Waals surface area contributed by atoms with Gasteiger partial charge in [-0.25, -0.2) is 9.78 Å². The molecule has 0 amide bonds. The Morgan fingerprint density at radius 2 is 1.93 bits per heavy atom. The number of fused-ring (bicyclic) bond motifs is 1. The second kappa shape index (κ2) is 7.67. The zero-order valence-corrected chi connectivity index (χ0v) is 15.3. The number of nitrogens with zero attached hydrogens (tertiary/aromatic N) is 3. The first kappa shape index (κ1) is 19.3. The van der Waals surface area contributed by atoms with Crippen LogP contribution in [0.25, 0.3) is 17.0 Å². The SMILES string of the molecule is O=C(O)/C=C/c1cc([N+](=O)[O-])cc2c(O)nc(Nc3ccc(Cl)c(Cl)c3)nc12. The molecule has 0 saturated heterocycles. The maximum atomic E-state index is 11.1. The van der Waals surface area contributed by atoms with Crippen molar-refractivity contribution in [2.75, 3.05) is 5.32 Å². The van der Waals surface area contributed by atoms with Crippen LogP contribution in [0, 0.1) is 10.1 Å². The number of anilines is 2. The van der Waals surface area contributed by atoms with Crippen LogP contribution in [0.4, 0.5) is 17.3 Å². The van der Waals surface area contributed by atoms with E-state index < -0.39 is 16.8 Å². The molecule has 11 heteroatoms. The Labute approximate surface area is 167 Å². The van der Waals surface area contributed by atoms with Crippen LogP contribution in [-0.4, -0.2) is 31.1 Å². The minimum Gasteiger partial charge on any atom is -0.493 e. The summed E-state index contributed by atoms with van der Waals surface area (Å²) in [6.07, 6.45) is 1.96. The van der Waals surface area contributed by atoms with Crippen LogP contribution in [0.3, 0.4) is 0 Å². The van der Waals surface area contributed by atoms with Gasteiger partial charge in [0.1, 0.15) is 0 Å². The van der Waals surface area contributed by atoms with Crippen LogP contribution in [-0.2, 0) is 4.79 Å². The second-order valence-corrected chi connectivity index (χ2v) is 6.30. The Kier molecular flexibility index (Phi) is 5.30. The number of rotatable bonds is 5. The molecule has 3 aromatic rings. The van der Waals surface area contributed by atoms with Crippen LogP contribution >= 0.6 is 23.2 Å². The lowest BCUT2D eigenvalue weighted by molar-refractivity contribution is -0.384. The summed E-state index contributed by atoms with van der Waals surface area (Å²) in [6, 6.07) is 6.94. The van der Waals surface area contributed by atoms with Gasteiger partial charge in [-0.1, -0.05) is 23.2 Å². The summed E-state index contributed by atoms with van der Waals surface area (Å²) in [5.74, 6) is -1.78. The number of aromatic nitrogens is 2. The number of carboxylic acid groups (broad SMARTS) is 1. The molecule has 2 aromatic carbocycles. The van der Waals surface area contributed by atoms with Crippen molar-refractivity contribution in [3.63, 3.8) is 0 Å². The van der Waals surface area contributed by atoms with Crippen molar-refractivity contribution in [2.45, 2.75) is 0 Å². The van der Waals surface area contributed by atoms with Crippen LogP contribution < -0.4 is 5.32 Å². The molecule has 1 aromatic heterocycles. The highest BCUT2D eigenvalue weighted by Crippen LogP contribution is 2.32. The van der Waals surface area contributed by atoms with E-state index in [0.29, 0.717) is 10.7 Å². The highest BCUT2D eigenvalue weighted by Gasteiger charge is 2.17. The summed E-state index contributed by atoms with van der Waals surface area (Å²) >= 11 is 11.8. The topological polar surface area (TPSA) is 138 Å². The molecule has 0 spiro atoms. The van der Waals surface area contributed by atoms with E-state index in [1.54, 1.807) is 12.1 Å². The largest absolute Gasteiger partial charge is 0.493 e. The van der Waals surface area contributed by atoms with E-state index in [-0.39, 0.29) is 33.1 Å². The minimum absolute atomic E-state index is 0.000993. The quantitative estimate of drug-likeness (QED) is 0.313. The van der Waals surface area contributed by atoms with E-state index in [9.17, 15) is 20.0 Å². The summed E-state index contributed by atoms with van der Waals surface area (Å²) in [5.41, 5.74) is 0.388. The number of aliphatic carboxylic acids is 1. The molecule has 0 radical (unpaired) electrons. The third kappa shape index (κ3) is 4.11. The van der Waals surface area contributed by atoms with Crippen molar-refractivity contribution < 1.29 is 19.9 Å². The van der Waals surface area contributed by atoms with Crippen LogP contribution in [0.15, 0.2) is 36.4 Å². The maximum absolute atomic E-state index is 11.1. The maximum Gasteiger partial charge on any atom is 0.328 e. The molecular formula is C17H10Cl2N4O5. The molecule has 1 heterocycles. The first-order valence-corrected chi connectivity index (χ1v) is 8.32. The summed E-state index contributed by atoms with van der Waals surface area (Å²) in [4.78, 5) is 29.4. The van der Waals surface area contributed by atoms with Gasteiger partial charge in [-0.3, -0.25) is 10.1 Å². The Morgan fingerprint density at radius 1 is 1.18 bits per heavy atom. The molecule has 142 valence electrons. The molecule has 0 saturated carbocycles. The standard InChI is InChI=1S/C17H10Cl2N4O5/c18-12-3-2-9(6-13(12)19)20-17-21-15-8(1-4-14(24)25)5-10(23(27)28)7-11(15)16(26)22-17/h1-7H,(H,24,25)(H2,20,21,22,26)/b4-1+. The monoisotopic (exact) mass is 420 g/mol. The summed E-state index contributed by atoms with van der Waals surface area (Å²) in [6.45, 7) is 0. The highest BCUT2D eigenvalue weighted by molar-refractivity contribution is 6.42. The molecule has 3 rings (SSSR count). The Morgan fingerprint density at radius 3 is 2.57 bits per heavy atom. The number of aromatic hydroxyl groups is 1. The van der Waals surface area contributed by atoms with Crippen molar-refractivity contribution >= 4 is 63.5 Å². The number of hydrogen-bond acceptors (Lipinski definition) is 7. The fourth-order valence-corrected chi connectivity index (χ4v) is 2.68. The van der Waals surface area contributed by atoms with E-state index >= 15 is 0 Å². The lowest BCUT2D eigenvalue weighted by Crippen LogP contribution is -2.00. The molecule has 0 atom stereocenters. The first-order chi connectivity index (χ1) is 13.2. The van der Waals surface area contributed by atoms with Gasteiger partial charge in [0.05, 0.1) is 25.9 Å². The average Bonchev–Trinajstić information content (AvgIpc) is 2.62. The molecule has 9 nitrogen and oxygen atoms in total. The molecule has 0 aliphatic carbocycles. The third-order valence-electron chi connectivity index (χ3n) is 3.59. The predicted molar refractivity (Wildman–Crippen MR) is 104 cm³/mol. The molecule has 0 aliphatic rings. The summed E-state index contributed by atoms with van der Waals surface area (Å²) in [7, 11) is 0. The number of benzene rings is 2. The minimum atomic E-state index is -1.24.